The summed E-state index contributed by atoms with van der Waals surface area (Å²) in [6.45, 7) is 4.38. The van der Waals surface area contributed by atoms with Crippen LogP contribution in [0.3, 0.4) is 0 Å². The van der Waals surface area contributed by atoms with Gasteiger partial charge >= 0.3 is 0 Å². The van der Waals surface area contributed by atoms with Crippen LogP contribution in [0.25, 0.3) is 0 Å². The first-order valence-corrected chi connectivity index (χ1v) is 6.24. The van der Waals surface area contributed by atoms with Crippen molar-refractivity contribution in [2.24, 2.45) is 5.73 Å². The molecule has 0 fully saturated rings. The standard InChI is InChI=1S/C10H18N4O2S/c1-6(2)9-13-14-10(17-9)12-8(15)4-7(5-11)16-3/h6-7H,4-5,11H2,1-3H3,(H,12,14,15). The molecular formula is C10H18N4O2S. The van der Waals surface area contributed by atoms with E-state index in [1.165, 1.54) is 18.4 Å². The zero-order chi connectivity index (χ0) is 12.8. The Morgan fingerprint density at radius 2 is 2.24 bits per heavy atom. The lowest BCUT2D eigenvalue weighted by Crippen LogP contribution is -2.28. The van der Waals surface area contributed by atoms with E-state index < -0.39 is 0 Å². The third-order valence-corrected chi connectivity index (χ3v) is 3.33. The molecule has 7 heteroatoms. The molecule has 3 N–H and O–H groups in total. The fourth-order valence-electron chi connectivity index (χ4n) is 1.16. The maximum absolute atomic E-state index is 11.6. The second kappa shape index (κ2) is 6.63. The number of anilines is 1. The van der Waals surface area contributed by atoms with Crippen molar-refractivity contribution in [1.29, 1.82) is 0 Å². The predicted molar refractivity (Wildman–Crippen MR) is 67.1 cm³/mol. The predicted octanol–water partition coefficient (Wildman–Crippen LogP) is 0.964. The van der Waals surface area contributed by atoms with E-state index in [-0.39, 0.29) is 18.4 Å². The van der Waals surface area contributed by atoms with Crippen molar-refractivity contribution in [2.75, 3.05) is 19.0 Å². The number of carbonyl (C=O) groups excluding carboxylic acids is 1. The van der Waals surface area contributed by atoms with Crippen LogP contribution < -0.4 is 11.1 Å². The quantitative estimate of drug-likeness (QED) is 0.793. The number of carbonyl (C=O) groups is 1. The fourth-order valence-corrected chi connectivity index (χ4v) is 1.92. The number of nitrogens with one attached hydrogen (secondary N) is 1. The van der Waals surface area contributed by atoms with Crippen LogP contribution in [0.5, 0.6) is 0 Å². The summed E-state index contributed by atoms with van der Waals surface area (Å²) in [5.41, 5.74) is 5.44. The van der Waals surface area contributed by atoms with Crippen molar-refractivity contribution in [3.05, 3.63) is 5.01 Å². The molecule has 1 heterocycles. The van der Waals surface area contributed by atoms with Gasteiger partial charge in [0.1, 0.15) is 5.01 Å². The van der Waals surface area contributed by atoms with Crippen molar-refractivity contribution in [1.82, 2.24) is 10.2 Å². The summed E-state index contributed by atoms with van der Waals surface area (Å²) in [5.74, 6) is 0.155. The summed E-state index contributed by atoms with van der Waals surface area (Å²) in [6.07, 6.45) is -0.0312. The molecule has 96 valence electrons. The highest BCUT2D eigenvalue weighted by Crippen LogP contribution is 2.22. The number of amides is 1. The molecule has 0 saturated carbocycles. The van der Waals surface area contributed by atoms with Gasteiger partial charge in [0.05, 0.1) is 12.5 Å². The average molecular weight is 258 g/mol. The molecule has 6 nitrogen and oxygen atoms in total. The molecule has 1 rings (SSSR count). The Morgan fingerprint density at radius 3 is 2.71 bits per heavy atom. The first-order chi connectivity index (χ1) is 8.06. The number of nitrogens with zero attached hydrogens (tertiary/aromatic N) is 2. The van der Waals surface area contributed by atoms with E-state index in [0.29, 0.717) is 17.6 Å². The van der Waals surface area contributed by atoms with Crippen molar-refractivity contribution in [3.8, 4) is 0 Å². The number of ether oxygens (including phenoxy) is 1. The lowest BCUT2D eigenvalue weighted by atomic mass is 10.2. The molecule has 1 unspecified atom stereocenters. The SMILES string of the molecule is COC(CN)CC(=O)Nc1nnc(C(C)C)s1. The molecular weight excluding hydrogens is 240 g/mol. The van der Waals surface area contributed by atoms with Gasteiger partial charge in [0, 0.05) is 19.6 Å². The van der Waals surface area contributed by atoms with Crippen LogP contribution in [0.1, 0.15) is 31.2 Å². The molecule has 1 aromatic heterocycles. The van der Waals surface area contributed by atoms with Crippen LogP contribution in [0.4, 0.5) is 5.13 Å². The van der Waals surface area contributed by atoms with Crippen LogP contribution in [0.2, 0.25) is 0 Å². The van der Waals surface area contributed by atoms with Gasteiger partial charge < -0.3 is 15.8 Å². The van der Waals surface area contributed by atoms with Crippen LogP contribution in [0, 0.1) is 0 Å². The highest BCUT2D eigenvalue weighted by atomic mass is 32.1. The molecule has 0 aliphatic rings. The highest BCUT2D eigenvalue weighted by Gasteiger charge is 2.14. The Kier molecular flexibility index (Phi) is 5.46. The zero-order valence-corrected chi connectivity index (χ0v) is 11.1. The van der Waals surface area contributed by atoms with Crippen LogP contribution in [-0.4, -0.2) is 35.9 Å². The van der Waals surface area contributed by atoms with E-state index in [4.69, 9.17) is 10.5 Å². The lowest BCUT2D eigenvalue weighted by Gasteiger charge is -2.11. The highest BCUT2D eigenvalue weighted by molar-refractivity contribution is 7.15. The van der Waals surface area contributed by atoms with Crippen molar-refractivity contribution < 1.29 is 9.53 Å². The summed E-state index contributed by atoms with van der Waals surface area (Å²) >= 11 is 1.39. The number of methoxy groups -OCH3 is 1. The van der Waals surface area contributed by atoms with Gasteiger partial charge in [0.15, 0.2) is 0 Å². The van der Waals surface area contributed by atoms with Crippen LogP contribution in [-0.2, 0) is 9.53 Å². The molecule has 0 aromatic carbocycles. The maximum atomic E-state index is 11.6. The molecule has 0 aliphatic heterocycles. The fraction of sp³-hybridized carbons (Fsp3) is 0.700. The van der Waals surface area contributed by atoms with Gasteiger partial charge in [-0.25, -0.2) is 0 Å². The molecule has 1 atom stereocenters. The molecule has 0 saturated heterocycles. The van der Waals surface area contributed by atoms with E-state index in [2.05, 4.69) is 15.5 Å². The van der Waals surface area contributed by atoms with Gasteiger partial charge in [-0.2, -0.15) is 0 Å². The minimum Gasteiger partial charge on any atom is -0.380 e. The van der Waals surface area contributed by atoms with E-state index in [1.807, 2.05) is 13.8 Å². The molecule has 0 radical (unpaired) electrons. The first kappa shape index (κ1) is 14.0. The monoisotopic (exact) mass is 258 g/mol. The minimum absolute atomic E-state index is 0.159. The summed E-state index contributed by atoms with van der Waals surface area (Å²) in [7, 11) is 1.53. The summed E-state index contributed by atoms with van der Waals surface area (Å²) in [5, 5.41) is 12.0. The van der Waals surface area contributed by atoms with Gasteiger partial charge in [-0.05, 0) is 0 Å². The number of rotatable bonds is 6. The molecule has 0 aliphatic carbocycles. The van der Waals surface area contributed by atoms with Crippen molar-refractivity contribution in [3.63, 3.8) is 0 Å². The van der Waals surface area contributed by atoms with Crippen LogP contribution >= 0.6 is 11.3 Å². The Bertz CT molecular complexity index is 363. The summed E-state index contributed by atoms with van der Waals surface area (Å²) < 4.78 is 5.03. The normalized spacial score (nSPS) is 12.8. The molecule has 0 spiro atoms. The van der Waals surface area contributed by atoms with Gasteiger partial charge in [0.2, 0.25) is 11.0 Å². The van der Waals surface area contributed by atoms with Crippen molar-refractivity contribution >= 4 is 22.4 Å². The Morgan fingerprint density at radius 1 is 1.53 bits per heavy atom. The summed E-state index contributed by atoms with van der Waals surface area (Å²) in [6, 6.07) is 0. The number of nitrogens with two attached hydrogens (primary N) is 1. The number of hydrogen-bond acceptors (Lipinski definition) is 6. The van der Waals surface area contributed by atoms with E-state index in [1.54, 1.807) is 0 Å². The second-order valence-corrected chi connectivity index (χ2v) is 4.95. The Hall–Kier alpha value is -1.05. The first-order valence-electron chi connectivity index (χ1n) is 5.43. The zero-order valence-electron chi connectivity index (χ0n) is 10.3. The maximum Gasteiger partial charge on any atom is 0.228 e. The number of hydrogen-bond donors (Lipinski definition) is 2. The van der Waals surface area contributed by atoms with Crippen molar-refractivity contribution in [2.45, 2.75) is 32.3 Å². The third kappa shape index (κ3) is 4.37. The van der Waals surface area contributed by atoms with Gasteiger partial charge in [-0.15, -0.1) is 10.2 Å². The average Bonchev–Trinajstić information content (AvgIpc) is 2.74. The second-order valence-electron chi connectivity index (χ2n) is 3.95. The lowest BCUT2D eigenvalue weighted by molar-refractivity contribution is -0.118. The van der Waals surface area contributed by atoms with E-state index >= 15 is 0 Å². The summed E-state index contributed by atoms with van der Waals surface area (Å²) in [4.78, 5) is 11.6. The largest absolute Gasteiger partial charge is 0.380 e. The smallest absolute Gasteiger partial charge is 0.228 e. The molecule has 0 bridgehead atoms. The Balaban J connectivity index is 2.50. The van der Waals surface area contributed by atoms with Crippen LogP contribution in [0.15, 0.2) is 0 Å². The topological polar surface area (TPSA) is 90.1 Å². The van der Waals surface area contributed by atoms with E-state index in [0.717, 1.165) is 5.01 Å². The Labute approximate surface area is 105 Å². The third-order valence-electron chi connectivity index (χ3n) is 2.19. The molecule has 1 amide bonds. The van der Waals surface area contributed by atoms with Gasteiger partial charge in [-0.3, -0.25) is 4.79 Å². The van der Waals surface area contributed by atoms with Gasteiger partial charge in [0.25, 0.3) is 0 Å². The number of aromatic nitrogens is 2. The van der Waals surface area contributed by atoms with E-state index in [9.17, 15) is 4.79 Å². The molecule has 1 aromatic rings. The minimum atomic E-state index is -0.257. The molecule has 17 heavy (non-hydrogen) atoms. The van der Waals surface area contributed by atoms with Gasteiger partial charge in [-0.1, -0.05) is 25.2 Å².